The van der Waals surface area contributed by atoms with Crippen molar-refractivity contribution < 1.29 is 4.79 Å². The molecule has 0 unspecified atom stereocenters. The lowest BCUT2D eigenvalue weighted by Gasteiger charge is -2.29. The lowest BCUT2D eigenvalue weighted by atomic mass is 9.84. The first-order valence-corrected chi connectivity index (χ1v) is 8.40. The summed E-state index contributed by atoms with van der Waals surface area (Å²) in [4.78, 5) is 12.6. The first-order chi connectivity index (χ1) is 10.3. The lowest BCUT2D eigenvalue weighted by Crippen LogP contribution is -2.38. The molecule has 2 N–H and O–H groups in total. The zero-order valence-electron chi connectivity index (χ0n) is 13.0. The van der Waals surface area contributed by atoms with Crippen LogP contribution in [-0.2, 0) is 13.0 Å². The van der Waals surface area contributed by atoms with Gasteiger partial charge in [-0.25, -0.2) is 0 Å². The number of carbonyl (C=O) groups excluding carboxylic acids is 1. The molecule has 1 heterocycles. The van der Waals surface area contributed by atoms with E-state index in [-0.39, 0.29) is 5.91 Å². The van der Waals surface area contributed by atoms with Crippen molar-refractivity contribution in [1.29, 1.82) is 0 Å². The lowest BCUT2D eigenvalue weighted by molar-refractivity contribution is 0.0920. The van der Waals surface area contributed by atoms with E-state index in [0.29, 0.717) is 6.04 Å². The van der Waals surface area contributed by atoms with Gasteiger partial charge in [-0.15, -0.1) is 0 Å². The molecule has 0 radical (unpaired) electrons. The van der Waals surface area contributed by atoms with Crippen molar-refractivity contribution in [3.63, 3.8) is 0 Å². The van der Waals surface area contributed by atoms with E-state index < -0.39 is 0 Å². The predicted octanol–water partition coefficient (Wildman–Crippen LogP) is 3.03. The SMILES string of the molecule is CCC1CCC(NC(=O)c2cccc3c2CCNC3)CC1. The fourth-order valence-corrected chi connectivity index (χ4v) is 3.72. The Hall–Kier alpha value is -1.35. The van der Waals surface area contributed by atoms with Crippen LogP contribution in [0.3, 0.4) is 0 Å². The van der Waals surface area contributed by atoms with Gasteiger partial charge in [0.25, 0.3) is 5.91 Å². The van der Waals surface area contributed by atoms with E-state index in [1.54, 1.807) is 0 Å². The molecule has 3 heteroatoms. The van der Waals surface area contributed by atoms with Crippen LogP contribution < -0.4 is 10.6 Å². The summed E-state index contributed by atoms with van der Waals surface area (Å²) >= 11 is 0. The third-order valence-electron chi connectivity index (χ3n) is 5.14. The normalized spacial score (nSPS) is 25.2. The topological polar surface area (TPSA) is 41.1 Å². The van der Waals surface area contributed by atoms with Gasteiger partial charge in [0.1, 0.15) is 0 Å². The van der Waals surface area contributed by atoms with Gasteiger partial charge in [-0.05, 0) is 61.8 Å². The van der Waals surface area contributed by atoms with E-state index in [9.17, 15) is 4.79 Å². The molecular weight excluding hydrogens is 260 g/mol. The van der Waals surface area contributed by atoms with Gasteiger partial charge in [-0.3, -0.25) is 4.79 Å². The number of amides is 1. The van der Waals surface area contributed by atoms with Crippen LogP contribution in [0.2, 0.25) is 0 Å². The minimum Gasteiger partial charge on any atom is -0.349 e. The number of nitrogens with one attached hydrogen (secondary N) is 2. The maximum atomic E-state index is 12.6. The van der Waals surface area contributed by atoms with E-state index in [0.717, 1.165) is 43.8 Å². The van der Waals surface area contributed by atoms with E-state index in [2.05, 4.69) is 23.6 Å². The quantitative estimate of drug-likeness (QED) is 0.896. The third-order valence-corrected chi connectivity index (χ3v) is 5.14. The monoisotopic (exact) mass is 286 g/mol. The smallest absolute Gasteiger partial charge is 0.251 e. The Morgan fingerprint density at radius 1 is 1.29 bits per heavy atom. The van der Waals surface area contributed by atoms with E-state index in [1.165, 1.54) is 30.4 Å². The minimum absolute atomic E-state index is 0.133. The molecule has 3 rings (SSSR count). The number of fused-ring (bicyclic) bond motifs is 1. The molecule has 114 valence electrons. The molecule has 21 heavy (non-hydrogen) atoms. The van der Waals surface area contributed by atoms with Crippen molar-refractivity contribution in [1.82, 2.24) is 10.6 Å². The first kappa shape index (κ1) is 14.6. The molecule has 1 aromatic carbocycles. The van der Waals surface area contributed by atoms with Gasteiger partial charge in [0.2, 0.25) is 0 Å². The van der Waals surface area contributed by atoms with Crippen LogP contribution in [0.15, 0.2) is 18.2 Å². The highest BCUT2D eigenvalue weighted by Gasteiger charge is 2.23. The zero-order valence-corrected chi connectivity index (χ0v) is 13.0. The molecule has 0 bridgehead atoms. The highest BCUT2D eigenvalue weighted by Crippen LogP contribution is 2.27. The molecule has 0 spiro atoms. The van der Waals surface area contributed by atoms with Crippen molar-refractivity contribution in [2.45, 2.75) is 58.0 Å². The van der Waals surface area contributed by atoms with Crippen LogP contribution >= 0.6 is 0 Å². The Labute approximate surface area is 127 Å². The first-order valence-electron chi connectivity index (χ1n) is 8.40. The van der Waals surface area contributed by atoms with Crippen molar-refractivity contribution in [2.75, 3.05) is 6.54 Å². The Balaban J connectivity index is 1.66. The van der Waals surface area contributed by atoms with E-state index in [4.69, 9.17) is 0 Å². The second-order valence-corrected chi connectivity index (χ2v) is 6.47. The molecule has 1 aromatic rings. The zero-order chi connectivity index (χ0) is 14.7. The summed E-state index contributed by atoms with van der Waals surface area (Å²) in [5.41, 5.74) is 3.42. The fourth-order valence-electron chi connectivity index (χ4n) is 3.72. The summed E-state index contributed by atoms with van der Waals surface area (Å²) in [6.07, 6.45) is 7.04. The number of hydrogen-bond acceptors (Lipinski definition) is 2. The number of hydrogen-bond donors (Lipinski definition) is 2. The van der Waals surface area contributed by atoms with Gasteiger partial charge in [0, 0.05) is 18.2 Å². The number of benzene rings is 1. The molecule has 0 saturated heterocycles. The molecule has 1 aliphatic carbocycles. The summed E-state index contributed by atoms with van der Waals surface area (Å²) < 4.78 is 0. The van der Waals surface area contributed by atoms with Gasteiger partial charge >= 0.3 is 0 Å². The summed E-state index contributed by atoms with van der Waals surface area (Å²) in [7, 11) is 0. The Bertz CT molecular complexity index is 504. The highest BCUT2D eigenvalue weighted by molar-refractivity contribution is 5.96. The van der Waals surface area contributed by atoms with Crippen LogP contribution in [0.1, 0.15) is 60.5 Å². The van der Waals surface area contributed by atoms with E-state index >= 15 is 0 Å². The van der Waals surface area contributed by atoms with Gasteiger partial charge in [-0.1, -0.05) is 25.5 Å². The molecular formula is C18H26N2O. The Morgan fingerprint density at radius 2 is 2.10 bits per heavy atom. The van der Waals surface area contributed by atoms with Crippen LogP contribution in [0.4, 0.5) is 0 Å². The fraction of sp³-hybridized carbons (Fsp3) is 0.611. The van der Waals surface area contributed by atoms with Crippen LogP contribution in [0.5, 0.6) is 0 Å². The standard InChI is InChI=1S/C18H26N2O/c1-2-13-6-8-15(9-7-13)20-18(21)17-5-3-4-14-12-19-11-10-16(14)17/h3-5,13,15,19H,2,6-12H2,1H3,(H,20,21). The molecule has 3 nitrogen and oxygen atoms in total. The van der Waals surface area contributed by atoms with Gasteiger partial charge < -0.3 is 10.6 Å². The second-order valence-electron chi connectivity index (χ2n) is 6.47. The Kier molecular flexibility index (Phi) is 4.59. The summed E-state index contributed by atoms with van der Waals surface area (Å²) in [5, 5.41) is 6.64. The molecule has 1 fully saturated rings. The van der Waals surface area contributed by atoms with Crippen molar-refractivity contribution in [3.05, 3.63) is 34.9 Å². The van der Waals surface area contributed by atoms with Crippen molar-refractivity contribution >= 4 is 5.91 Å². The summed E-state index contributed by atoms with van der Waals surface area (Å²) in [6.45, 7) is 4.13. The molecule has 1 saturated carbocycles. The maximum absolute atomic E-state index is 12.6. The van der Waals surface area contributed by atoms with Gasteiger partial charge in [0.05, 0.1) is 0 Å². The largest absolute Gasteiger partial charge is 0.349 e. The Morgan fingerprint density at radius 3 is 2.86 bits per heavy atom. The number of rotatable bonds is 3. The molecule has 0 atom stereocenters. The molecule has 1 amide bonds. The van der Waals surface area contributed by atoms with Crippen molar-refractivity contribution in [2.24, 2.45) is 5.92 Å². The second kappa shape index (κ2) is 6.61. The van der Waals surface area contributed by atoms with E-state index in [1.807, 2.05) is 12.1 Å². The highest BCUT2D eigenvalue weighted by atomic mass is 16.1. The molecule has 1 aliphatic heterocycles. The van der Waals surface area contributed by atoms with Crippen molar-refractivity contribution in [3.8, 4) is 0 Å². The van der Waals surface area contributed by atoms with Crippen LogP contribution in [0.25, 0.3) is 0 Å². The van der Waals surface area contributed by atoms with Gasteiger partial charge in [0.15, 0.2) is 0 Å². The minimum atomic E-state index is 0.133. The van der Waals surface area contributed by atoms with Crippen LogP contribution in [-0.4, -0.2) is 18.5 Å². The summed E-state index contributed by atoms with van der Waals surface area (Å²) in [6, 6.07) is 6.49. The molecule has 2 aliphatic rings. The average Bonchev–Trinajstić information content (AvgIpc) is 2.55. The van der Waals surface area contributed by atoms with Crippen LogP contribution in [0, 0.1) is 5.92 Å². The predicted molar refractivity (Wildman–Crippen MR) is 85.4 cm³/mol. The maximum Gasteiger partial charge on any atom is 0.251 e. The average molecular weight is 286 g/mol. The third kappa shape index (κ3) is 3.29. The number of carbonyl (C=O) groups is 1. The van der Waals surface area contributed by atoms with Gasteiger partial charge in [-0.2, -0.15) is 0 Å². The molecule has 0 aromatic heterocycles. The summed E-state index contributed by atoms with van der Waals surface area (Å²) in [5.74, 6) is 1.00.